The molecule has 0 radical (unpaired) electrons. The summed E-state index contributed by atoms with van der Waals surface area (Å²) in [5.41, 5.74) is 0.433. The summed E-state index contributed by atoms with van der Waals surface area (Å²) in [7, 11) is -3.66. The standard InChI is InChI=1S/C23H26Cl2N2O5S/c1-14-10-15(2)13-27(12-14)33(30,31)19-7-4-17(5-8-19)23(29)32-16(3)22(28)26-21-11-18(24)6-9-20(21)25/h4-9,11,14-16H,10,12-13H2,1-3H3,(H,26,28). The number of hydrogen-bond donors (Lipinski definition) is 1. The Hall–Kier alpha value is -2.13. The number of halogens is 2. The van der Waals surface area contributed by atoms with Gasteiger partial charge in [-0.2, -0.15) is 4.31 Å². The van der Waals surface area contributed by atoms with E-state index < -0.39 is 28.0 Å². The van der Waals surface area contributed by atoms with E-state index in [0.29, 0.717) is 28.8 Å². The van der Waals surface area contributed by atoms with Crippen molar-refractivity contribution in [1.82, 2.24) is 4.31 Å². The van der Waals surface area contributed by atoms with Crippen molar-refractivity contribution in [2.24, 2.45) is 11.8 Å². The van der Waals surface area contributed by atoms with Crippen LogP contribution in [0.5, 0.6) is 0 Å². The third-order valence-corrected chi connectivity index (χ3v) is 7.81. The number of piperidine rings is 1. The first-order chi connectivity index (χ1) is 15.5. The highest BCUT2D eigenvalue weighted by molar-refractivity contribution is 7.89. The fourth-order valence-electron chi connectivity index (χ4n) is 3.82. The van der Waals surface area contributed by atoms with Crippen LogP contribution in [-0.2, 0) is 19.6 Å². The zero-order valence-electron chi connectivity index (χ0n) is 18.5. The number of esters is 1. The van der Waals surface area contributed by atoms with Gasteiger partial charge < -0.3 is 10.1 Å². The van der Waals surface area contributed by atoms with Crippen LogP contribution in [0.15, 0.2) is 47.4 Å². The molecule has 0 bridgehead atoms. The first kappa shape index (κ1) is 25.5. The molecule has 10 heteroatoms. The smallest absolute Gasteiger partial charge is 0.338 e. The van der Waals surface area contributed by atoms with Gasteiger partial charge in [-0.1, -0.05) is 37.0 Å². The topological polar surface area (TPSA) is 92.8 Å². The molecule has 0 spiro atoms. The van der Waals surface area contributed by atoms with Crippen molar-refractivity contribution in [1.29, 1.82) is 0 Å². The van der Waals surface area contributed by atoms with Crippen LogP contribution in [0, 0.1) is 11.8 Å². The second kappa shape index (κ2) is 10.4. The molecule has 0 aromatic heterocycles. The number of nitrogens with one attached hydrogen (secondary N) is 1. The van der Waals surface area contributed by atoms with Crippen LogP contribution >= 0.6 is 23.2 Å². The Kier molecular flexibility index (Phi) is 8.05. The average Bonchev–Trinajstić information content (AvgIpc) is 2.75. The van der Waals surface area contributed by atoms with E-state index in [1.54, 1.807) is 6.07 Å². The van der Waals surface area contributed by atoms with E-state index in [9.17, 15) is 18.0 Å². The second-order valence-electron chi connectivity index (χ2n) is 8.45. The Morgan fingerprint density at radius 1 is 1.06 bits per heavy atom. The zero-order chi connectivity index (χ0) is 24.3. The molecule has 3 rings (SSSR count). The molecule has 33 heavy (non-hydrogen) atoms. The normalized spacial score (nSPS) is 20.2. The van der Waals surface area contributed by atoms with Gasteiger partial charge in [0.1, 0.15) is 0 Å². The van der Waals surface area contributed by atoms with E-state index in [2.05, 4.69) is 5.32 Å². The maximum Gasteiger partial charge on any atom is 0.338 e. The van der Waals surface area contributed by atoms with Crippen molar-refractivity contribution < 1.29 is 22.7 Å². The highest BCUT2D eigenvalue weighted by Gasteiger charge is 2.31. The van der Waals surface area contributed by atoms with Crippen LogP contribution in [0.2, 0.25) is 10.0 Å². The van der Waals surface area contributed by atoms with Crippen LogP contribution in [0.1, 0.15) is 37.6 Å². The summed E-state index contributed by atoms with van der Waals surface area (Å²) >= 11 is 11.9. The lowest BCUT2D eigenvalue weighted by Gasteiger charge is -2.34. The van der Waals surface area contributed by atoms with E-state index in [-0.39, 0.29) is 22.3 Å². The summed E-state index contributed by atoms with van der Waals surface area (Å²) in [6.07, 6.45) is -0.126. The third-order valence-electron chi connectivity index (χ3n) is 5.40. The first-order valence-electron chi connectivity index (χ1n) is 10.5. The first-order valence-corrected chi connectivity index (χ1v) is 12.7. The SMILES string of the molecule is CC1CC(C)CN(S(=O)(=O)c2ccc(C(=O)OC(C)C(=O)Nc3cc(Cl)ccc3Cl)cc2)C1. The highest BCUT2D eigenvalue weighted by atomic mass is 35.5. The van der Waals surface area contributed by atoms with Crippen molar-refractivity contribution in [2.45, 2.75) is 38.2 Å². The number of anilines is 1. The summed E-state index contributed by atoms with van der Waals surface area (Å²) in [6.45, 7) is 6.44. The van der Waals surface area contributed by atoms with Crippen LogP contribution in [0.4, 0.5) is 5.69 Å². The predicted molar refractivity (Wildman–Crippen MR) is 128 cm³/mol. The number of nitrogens with zero attached hydrogens (tertiary/aromatic N) is 1. The van der Waals surface area contributed by atoms with Crippen molar-refractivity contribution in [2.75, 3.05) is 18.4 Å². The van der Waals surface area contributed by atoms with Gasteiger partial charge in [-0.15, -0.1) is 0 Å². The molecule has 3 unspecified atom stereocenters. The quantitative estimate of drug-likeness (QED) is 0.558. The Balaban J connectivity index is 1.65. The van der Waals surface area contributed by atoms with E-state index >= 15 is 0 Å². The number of benzene rings is 2. The maximum atomic E-state index is 13.0. The van der Waals surface area contributed by atoms with Gasteiger partial charge in [0.15, 0.2) is 6.10 Å². The molecule has 7 nitrogen and oxygen atoms in total. The molecule has 2 aromatic rings. The monoisotopic (exact) mass is 512 g/mol. The van der Waals surface area contributed by atoms with E-state index in [0.717, 1.165) is 6.42 Å². The Morgan fingerprint density at radius 3 is 2.27 bits per heavy atom. The molecule has 3 atom stereocenters. The summed E-state index contributed by atoms with van der Waals surface area (Å²) in [5, 5.41) is 3.25. The number of sulfonamides is 1. The fourth-order valence-corrected chi connectivity index (χ4v) is 5.84. The number of ether oxygens (including phenoxy) is 1. The van der Waals surface area contributed by atoms with Crippen LogP contribution < -0.4 is 5.32 Å². The molecule has 1 N–H and O–H groups in total. The van der Waals surface area contributed by atoms with Crippen molar-refractivity contribution in [3.05, 3.63) is 58.1 Å². The molecule has 1 heterocycles. The maximum absolute atomic E-state index is 13.0. The number of amides is 1. The molecule has 1 aliphatic heterocycles. The number of carbonyl (C=O) groups is 2. The van der Waals surface area contributed by atoms with Crippen molar-refractivity contribution in [3.63, 3.8) is 0 Å². The van der Waals surface area contributed by atoms with Gasteiger partial charge >= 0.3 is 5.97 Å². The number of rotatable bonds is 6. The number of hydrogen-bond acceptors (Lipinski definition) is 5. The van der Waals surface area contributed by atoms with Gasteiger partial charge in [0.05, 0.1) is 21.2 Å². The highest BCUT2D eigenvalue weighted by Crippen LogP contribution is 2.27. The molecule has 178 valence electrons. The van der Waals surface area contributed by atoms with E-state index in [1.165, 1.54) is 47.6 Å². The molecule has 1 amide bonds. The molecule has 0 saturated carbocycles. The Morgan fingerprint density at radius 2 is 1.67 bits per heavy atom. The Labute approximate surface area is 204 Å². The second-order valence-corrected chi connectivity index (χ2v) is 11.2. The summed E-state index contributed by atoms with van der Waals surface area (Å²) in [4.78, 5) is 25.0. The van der Waals surface area contributed by atoms with Gasteiger partial charge in [0.25, 0.3) is 5.91 Å². The lowest BCUT2D eigenvalue weighted by Crippen LogP contribution is -2.42. The molecule has 0 aliphatic carbocycles. The van der Waals surface area contributed by atoms with Crippen LogP contribution in [0.25, 0.3) is 0 Å². The molecule has 2 aromatic carbocycles. The predicted octanol–water partition coefficient (Wildman–Crippen LogP) is 4.84. The van der Waals surface area contributed by atoms with Gasteiger partial charge in [0, 0.05) is 18.1 Å². The zero-order valence-corrected chi connectivity index (χ0v) is 20.9. The number of carbonyl (C=O) groups excluding carboxylic acids is 2. The minimum Gasteiger partial charge on any atom is -0.449 e. The van der Waals surface area contributed by atoms with Gasteiger partial charge in [-0.3, -0.25) is 4.79 Å². The van der Waals surface area contributed by atoms with E-state index in [4.69, 9.17) is 27.9 Å². The molecule has 1 fully saturated rings. The van der Waals surface area contributed by atoms with E-state index in [1.807, 2.05) is 13.8 Å². The van der Waals surface area contributed by atoms with Gasteiger partial charge in [-0.25, -0.2) is 13.2 Å². The summed E-state index contributed by atoms with van der Waals surface area (Å²) < 4.78 is 32.7. The molecule has 1 aliphatic rings. The van der Waals surface area contributed by atoms with Crippen molar-refractivity contribution in [3.8, 4) is 0 Å². The minimum absolute atomic E-state index is 0.113. The van der Waals surface area contributed by atoms with Crippen LogP contribution in [-0.4, -0.2) is 43.8 Å². The molecular weight excluding hydrogens is 487 g/mol. The summed E-state index contributed by atoms with van der Waals surface area (Å²) in [5.74, 6) is -0.765. The largest absolute Gasteiger partial charge is 0.449 e. The minimum atomic E-state index is -3.66. The van der Waals surface area contributed by atoms with Crippen molar-refractivity contribution >= 4 is 50.8 Å². The Bertz CT molecular complexity index is 1130. The average molecular weight is 513 g/mol. The van der Waals surface area contributed by atoms with Gasteiger partial charge in [-0.05, 0) is 67.6 Å². The van der Waals surface area contributed by atoms with Gasteiger partial charge in [0.2, 0.25) is 10.0 Å². The van der Waals surface area contributed by atoms with Crippen LogP contribution in [0.3, 0.4) is 0 Å². The molecular formula is C23H26Cl2N2O5S. The third kappa shape index (κ3) is 6.26. The fraction of sp³-hybridized carbons (Fsp3) is 0.391. The molecule has 1 saturated heterocycles. The summed E-state index contributed by atoms with van der Waals surface area (Å²) in [6, 6.07) is 10.1. The lowest BCUT2D eigenvalue weighted by atomic mass is 9.94. The lowest BCUT2D eigenvalue weighted by molar-refractivity contribution is -0.123.